The highest BCUT2D eigenvalue weighted by atomic mass is 32.2. The molecule has 0 saturated carbocycles. The number of rotatable bonds is 4. The molecule has 31 heavy (non-hydrogen) atoms. The van der Waals surface area contributed by atoms with Crippen molar-refractivity contribution in [2.75, 3.05) is 0 Å². The maximum atomic E-state index is 12.5. The van der Waals surface area contributed by atoms with Gasteiger partial charge in [0.15, 0.2) is 5.70 Å². The molecule has 0 unspecified atom stereocenters. The van der Waals surface area contributed by atoms with Gasteiger partial charge in [-0.15, -0.1) is 0 Å². The van der Waals surface area contributed by atoms with E-state index in [1.54, 1.807) is 17.8 Å². The van der Waals surface area contributed by atoms with Crippen LogP contribution in [0.3, 0.4) is 0 Å². The predicted octanol–water partition coefficient (Wildman–Crippen LogP) is 6.04. The number of aryl methyl sites for hydroxylation is 1. The van der Waals surface area contributed by atoms with Crippen LogP contribution in [0.2, 0.25) is 0 Å². The van der Waals surface area contributed by atoms with Gasteiger partial charge in [-0.1, -0.05) is 65.9 Å². The highest BCUT2D eigenvalue weighted by Gasteiger charge is 2.24. The Hall–Kier alpha value is -3.70. The molecule has 150 valence electrons. The number of aliphatic imine (C=N–C) groups is 1. The van der Waals surface area contributed by atoms with Gasteiger partial charge in [0.25, 0.3) is 0 Å². The molecule has 1 aliphatic rings. The average molecular weight is 423 g/mol. The van der Waals surface area contributed by atoms with Crippen molar-refractivity contribution >= 4 is 40.6 Å². The maximum Gasteiger partial charge on any atom is 0.363 e. The summed E-state index contributed by atoms with van der Waals surface area (Å²) in [7, 11) is 0. The van der Waals surface area contributed by atoms with E-state index in [1.807, 2.05) is 91.9 Å². The minimum absolute atomic E-state index is 0.266. The molecule has 0 N–H and O–H groups in total. The first-order chi connectivity index (χ1) is 15.2. The Balaban J connectivity index is 1.58. The lowest BCUT2D eigenvalue weighted by atomic mass is 10.1. The summed E-state index contributed by atoms with van der Waals surface area (Å²) in [5.74, 6) is -0.137. The van der Waals surface area contributed by atoms with E-state index in [0.29, 0.717) is 5.90 Å². The van der Waals surface area contributed by atoms with Crippen LogP contribution in [-0.2, 0) is 9.53 Å². The normalized spacial score (nSPS) is 14.7. The monoisotopic (exact) mass is 422 g/mol. The van der Waals surface area contributed by atoms with Gasteiger partial charge in [-0.2, -0.15) is 0 Å². The Bertz CT molecular complexity index is 1340. The Morgan fingerprint density at radius 3 is 2.45 bits per heavy atom. The molecular formula is C26H18N2O2S. The van der Waals surface area contributed by atoms with E-state index < -0.39 is 5.97 Å². The number of para-hydroxylation sites is 1. The molecule has 5 heteroatoms. The summed E-state index contributed by atoms with van der Waals surface area (Å²) >= 11 is 1.56. The van der Waals surface area contributed by atoms with Gasteiger partial charge >= 0.3 is 5.97 Å². The molecular weight excluding hydrogens is 404 g/mol. The second kappa shape index (κ2) is 8.20. The average Bonchev–Trinajstić information content (AvgIpc) is 3.15. The lowest BCUT2D eigenvalue weighted by molar-refractivity contribution is -0.129. The summed E-state index contributed by atoms with van der Waals surface area (Å²) < 4.78 is 5.43. The van der Waals surface area contributed by atoms with Crippen molar-refractivity contribution in [1.29, 1.82) is 0 Å². The summed E-state index contributed by atoms with van der Waals surface area (Å²) in [4.78, 5) is 22.9. The predicted molar refractivity (Wildman–Crippen MR) is 124 cm³/mol. The number of nitrogens with zero attached hydrogens (tertiary/aromatic N) is 2. The molecule has 0 aliphatic carbocycles. The number of hydrogen-bond acceptors (Lipinski definition) is 5. The van der Waals surface area contributed by atoms with Crippen LogP contribution in [-0.4, -0.2) is 16.9 Å². The van der Waals surface area contributed by atoms with E-state index in [9.17, 15) is 4.79 Å². The topological polar surface area (TPSA) is 51.5 Å². The lowest BCUT2D eigenvalue weighted by Gasteiger charge is -2.08. The van der Waals surface area contributed by atoms with Crippen molar-refractivity contribution in [2.24, 2.45) is 4.99 Å². The number of esters is 1. The number of fused-ring (bicyclic) bond motifs is 1. The number of cyclic esters (lactones) is 1. The van der Waals surface area contributed by atoms with Gasteiger partial charge in [0.05, 0.1) is 5.52 Å². The van der Waals surface area contributed by atoms with E-state index in [4.69, 9.17) is 9.72 Å². The third-order valence-corrected chi connectivity index (χ3v) is 5.91. The fourth-order valence-electron chi connectivity index (χ4n) is 3.28. The minimum atomic E-state index is -0.459. The molecule has 2 heterocycles. The van der Waals surface area contributed by atoms with Crippen LogP contribution in [0.4, 0.5) is 0 Å². The zero-order chi connectivity index (χ0) is 21.2. The highest BCUT2D eigenvalue weighted by Crippen LogP contribution is 2.33. The number of pyridine rings is 1. The van der Waals surface area contributed by atoms with Crippen molar-refractivity contribution in [1.82, 2.24) is 4.98 Å². The van der Waals surface area contributed by atoms with Crippen molar-refractivity contribution < 1.29 is 9.53 Å². The summed E-state index contributed by atoms with van der Waals surface area (Å²) in [5.41, 5.74) is 3.91. The van der Waals surface area contributed by atoms with Crippen LogP contribution in [0, 0.1) is 6.92 Å². The fourth-order valence-corrected chi connectivity index (χ4v) is 4.17. The smallest absolute Gasteiger partial charge is 0.363 e. The van der Waals surface area contributed by atoms with Crippen LogP contribution in [0.15, 0.2) is 106 Å². The standard InChI is InChI=1S/C26H18N2O2S/c1-17-11-13-18(14-12-17)24-27-23(26(29)30-24)16-20-15-19-7-5-6-10-22(19)28-25(20)31-21-8-3-2-4-9-21/h2-16H,1H3/b23-16+. The molecule has 4 aromatic rings. The number of carbonyl (C=O) groups is 1. The van der Waals surface area contributed by atoms with E-state index in [1.165, 1.54) is 0 Å². The highest BCUT2D eigenvalue weighted by molar-refractivity contribution is 7.99. The number of ether oxygens (including phenoxy) is 1. The van der Waals surface area contributed by atoms with Crippen LogP contribution in [0.25, 0.3) is 17.0 Å². The molecule has 0 spiro atoms. The zero-order valence-electron chi connectivity index (χ0n) is 16.8. The van der Waals surface area contributed by atoms with E-state index in [2.05, 4.69) is 4.99 Å². The van der Waals surface area contributed by atoms with Gasteiger partial charge in [-0.05, 0) is 49.4 Å². The Kier molecular flexibility index (Phi) is 5.10. The molecule has 0 atom stereocenters. The molecule has 0 bridgehead atoms. The largest absolute Gasteiger partial charge is 0.402 e. The first-order valence-corrected chi connectivity index (χ1v) is 10.7. The van der Waals surface area contributed by atoms with Gasteiger partial charge < -0.3 is 4.74 Å². The lowest BCUT2D eigenvalue weighted by Crippen LogP contribution is -2.05. The summed E-state index contributed by atoms with van der Waals surface area (Å²) in [6, 6.07) is 27.8. The van der Waals surface area contributed by atoms with Crippen molar-refractivity contribution in [2.45, 2.75) is 16.8 Å². The van der Waals surface area contributed by atoms with Crippen molar-refractivity contribution in [3.05, 3.63) is 107 Å². The molecule has 4 nitrogen and oxygen atoms in total. The number of benzene rings is 3. The van der Waals surface area contributed by atoms with Crippen molar-refractivity contribution in [3.8, 4) is 0 Å². The summed E-state index contributed by atoms with van der Waals surface area (Å²) in [6.45, 7) is 2.01. The number of carbonyl (C=O) groups excluding carboxylic acids is 1. The Labute approximate surface area is 184 Å². The van der Waals surface area contributed by atoms with Crippen LogP contribution in [0.1, 0.15) is 16.7 Å². The molecule has 0 fully saturated rings. The second-order valence-electron chi connectivity index (χ2n) is 7.19. The quantitative estimate of drug-likeness (QED) is 0.297. The molecule has 1 aliphatic heterocycles. The molecule has 0 radical (unpaired) electrons. The van der Waals surface area contributed by atoms with Gasteiger partial charge in [0.1, 0.15) is 5.03 Å². The van der Waals surface area contributed by atoms with Gasteiger partial charge in [0, 0.05) is 21.4 Å². The van der Waals surface area contributed by atoms with Gasteiger partial charge in [0.2, 0.25) is 5.90 Å². The van der Waals surface area contributed by atoms with Crippen molar-refractivity contribution in [3.63, 3.8) is 0 Å². The Morgan fingerprint density at radius 2 is 1.65 bits per heavy atom. The van der Waals surface area contributed by atoms with E-state index in [-0.39, 0.29) is 5.70 Å². The van der Waals surface area contributed by atoms with Crippen LogP contribution in [0.5, 0.6) is 0 Å². The molecule has 3 aromatic carbocycles. The third-order valence-electron chi connectivity index (χ3n) is 4.89. The van der Waals surface area contributed by atoms with Crippen LogP contribution >= 0.6 is 11.8 Å². The molecule has 5 rings (SSSR count). The van der Waals surface area contributed by atoms with Gasteiger partial charge in [-0.3, -0.25) is 0 Å². The third kappa shape index (κ3) is 4.13. The minimum Gasteiger partial charge on any atom is -0.402 e. The summed E-state index contributed by atoms with van der Waals surface area (Å²) in [5, 5.41) is 1.81. The summed E-state index contributed by atoms with van der Waals surface area (Å²) in [6.07, 6.45) is 1.76. The SMILES string of the molecule is Cc1ccc(C2=N/C(=C/c3cc4ccccc4nc3Sc3ccccc3)C(=O)O2)cc1. The number of hydrogen-bond donors (Lipinski definition) is 0. The first kappa shape index (κ1) is 19.3. The first-order valence-electron chi connectivity index (χ1n) is 9.88. The number of aromatic nitrogens is 1. The van der Waals surface area contributed by atoms with Crippen LogP contribution < -0.4 is 0 Å². The molecule has 1 aromatic heterocycles. The van der Waals surface area contributed by atoms with E-state index >= 15 is 0 Å². The zero-order valence-corrected chi connectivity index (χ0v) is 17.6. The fraction of sp³-hybridized carbons (Fsp3) is 0.0385. The van der Waals surface area contributed by atoms with E-state index in [0.717, 1.165) is 37.5 Å². The second-order valence-corrected chi connectivity index (χ2v) is 8.25. The van der Waals surface area contributed by atoms with Gasteiger partial charge in [-0.25, -0.2) is 14.8 Å². The maximum absolute atomic E-state index is 12.5. The molecule has 0 saturated heterocycles. The Morgan fingerprint density at radius 1 is 0.903 bits per heavy atom. The molecule has 0 amide bonds.